The lowest BCUT2D eigenvalue weighted by atomic mass is 9.68. The minimum Gasteiger partial charge on any atom is -0.375 e. The van der Waals surface area contributed by atoms with Crippen molar-refractivity contribution in [2.45, 2.75) is 69.4 Å². The van der Waals surface area contributed by atoms with E-state index in [1.54, 1.807) is 13.1 Å². The van der Waals surface area contributed by atoms with Crippen molar-refractivity contribution in [1.82, 2.24) is 15.3 Å². The molecule has 2 aromatic rings. The lowest BCUT2D eigenvalue weighted by molar-refractivity contribution is -0.104. The van der Waals surface area contributed by atoms with E-state index < -0.39 is 0 Å². The molecule has 1 aliphatic carbocycles. The Bertz CT molecular complexity index is 792. The second-order valence-electron chi connectivity index (χ2n) is 8.54. The van der Waals surface area contributed by atoms with Gasteiger partial charge in [-0.15, -0.1) is 0 Å². The predicted octanol–water partition coefficient (Wildman–Crippen LogP) is 4.47. The molecule has 0 unspecified atom stereocenters. The molecule has 1 aliphatic heterocycles. The first kappa shape index (κ1) is 19.5. The zero-order valence-corrected chi connectivity index (χ0v) is 16.7. The average Bonchev–Trinajstić information content (AvgIpc) is 3.16. The van der Waals surface area contributed by atoms with Crippen molar-refractivity contribution >= 4 is 0 Å². The molecule has 1 atom stereocenters. The molecule has 1 spiro atoms. The summed E-state index contributed by atoms with van der Waals surface area (Å²) in [5.74, 6) is -0.387. The van der Waals surface area contributed by atoms with Crippen molar-refractivity contribution in [2.24, 2.45) is 0 Å². The molecule has 5 heteroatoms. The molecule has 4 nitrogen and oxygen atoms in total. The fourth-order valence-electron chi connectivity index (χ4n) is 5.07. The molecule has 2 aromatic heterocycles. The second kappa shape index (κ2) is 8.26. The SMILES string of the molecule is Cc1cc(CNCC[C@@]2(c3ccccn3)CCOC3(CCCC3)C2)cnc1F. The number of nitrogens with one attached hydrogen (secondary N) is 1. The van der Waals surface area contributed by atoms with Crippen LogP contribution in [-0.4, -0.2) is 28.7 Å². The summed E-state index contributed by atoms with van der Waals surface area (Å²) in [4.78, 5) is 8.58. The Morgan fingerprint density at radius 1 is 1.18 bits per heavy atom. The number of aromatic nitrogens is 2. The Morgan fingerprint density at radius 3 is 2.79 bits per heavy atom. The van der Waals surface area contributed by atoms with Gasteiger partial charge in [-0.2, -0.15) is 4.39 Å². The van der Waals surface area contributed by atoms with Gasteiger partial charge in [0.2, 0.25) is 5.95 Å². The monoisotopic (exact) mass is 383 g/mol. The van der Waals surface area contributed by atoms with Gasteiger partial charge >= 0.3 is 0 Å². The van der Waals surface area contributed by atoms with Crippen LogP contribution in [0.1, 0.15) is 61.8 Å². The minimum atomic E-state index is -0.387. The van der Waals surface area contributed by atoms with Gasteiger partial charge in [0.15, 0.2) is 0 Å². The van der Waals surface area contributed by atoms with Crippen molar-refractivity contribution < 1.29 is 9.13 Å². The first-order valence-electron chi connectivity index (χ1n) is 10.5. The van der Waals surface area contributed by atoms with Crippen molar-refractivity contribution in [2.75, 3.05) is 13.2 Å². The van der Waals surface area contributed by atoms with Crippen LogP contribution >= 0.6 is 0 Å². The van der Waals surface area contributed by atoms with Crippen LogP contribution in [0.3, 0.4) is 0 Å². The molecule has 0 radical (unpaired) electrons. The van der Waals surface area contributed by atoms with Gasteiger partial charge < -0.3 is 10.1 Å². The molecule has 150 valence electrons. The third kappa shape index (κ3) is 4.11. The smallest absolute Gasteiger partial charge is 0.215 e. The Labute approximate surface area is 166 Å². The summed E-state index contributed by atoms with van der Waals surface area (Å²) in [7, 11) is 0. The molecule has 0 amide bonds. The number of aryl methyl sites for hydroxylation is 1. The summed E-state index contributed by atoms with van der Waals surface area (Å²) in [6, 6.07) is 8.14. The van der Waals surface area contributed by atoms with E-state index in [-0.39, 0.29) is 17.0 Å². The van der Waals surface area contributed by atoms with Crippen LogP contribution in [0, 0.1) is 12.9 Å². The zero-order valence-electron chi connectivity index (χ0n) is 16.7. The van der Waals surface area contributed by atoms with Gasteiger partial charge in [0, 0.05) is 42.2 Å². The fourth-order valence-corrected chi connectivity index (χ4v) is 5.07. The van der Waals surface area contributed by atoms with Gasteiger partial charge in [0.05, 0.1) is 5.60 Å². The van der Waals surface area contributed by atoms with Crippen LogP contribution in [0.5, 0.6) is 0 Å². The van der Waals surface area contributed by atoms with E-state index in [2.05, 4.69) is 22.4 Å². The van der Waals surface area contributed by atoms with Crippen molar-refractivity contribution in [3.63, 3.8) is 0 Å². The number of pyridine rings is 2. The van der Waals surface area contributed by atoms with E-state index in [1.807, 2.05) is 18.3 Å². The standard InChI is InChI=1S/C23H30FN3O/c1-18-14-19(16-27-21(18)24)15-25-12-9-22(20-6-2-5-11-26-20)10-13-28-23(17-22)7-3-4-8-23/h2,5-6,11,14,16,25H,3-4,7-10,12-13,15,17H2,1H3/t22-/m1/s1. The third-order valence-corrected chi connectivity index (χ3v) is 6.55. The summed E-state index contributed by atoms with van der Waals surface area (Å²) in [5, 5.41) is 3.54. The third-order valence-electron chi connectivity index (χ3n) is 6.55. The van der Waals surface area contributed by atoms with Gasteiger partial charge in [0.1, 0.15) is 0 Å². The molecule has 1 saturated carbocycles. The minimum absolute atomic E-state index is 0.0494. The maximum Gasteiger partial charge on any atom is 0.215 e. The fraction of sp³-hybridized carbons (Fsp3) is 0.565. The maximum absolute atomic E-state index is 13.4. The number of rotatable bonds is 6. The number of hydrogen-bond acceptors (Lipinski definition) is 4. The highest BCUT2D eigenvalue weighted by Gasteiger charge is 2.48. The summed E-state index contributed by atoms with van der Waals surface area (Å²) in [6.45, 7) is 4.17. The molecular formula is C23H30FN3O. The van der Waals surface area contributed by atoms with E-state index >= 15 is 0 Å². The van der Waals surface area contributed by atoms with Gasteiger partial charge in [-0.1, -0.05) is 18.9 Å². The lowest BCUT2D eigenvalue weighted by Gasteiger charge is -2.46. The lowest BCUT2D eigenvalue weighted by Crippen LogP contribution is -2.47. The number of halogens is 1. The summed E-state index contributed by atoms with van der Waals surface area (Å²) < 4.78 is 19.7. The van der Waals surface area contributed by atoms with Crippen LogP contribution in [-0.2, 0) is 16.7 Å². The van der Waals surface area contributed by atoms with Crippen LogP contribution in [0.25, 0.3) is 0 Å². The molecule has 1 N–H and O–H groups in total. The summed E-state index contributed by atoms with van der Waals surface area (Å²) in [5.41, 5.74) is 2.93. The van der Waals surface area contributed by atoms with Crippen molar-refractivity contribution in [1.29, 1.82) is 0 Å². The van der Waals surface area contributed by atoms with Crippen LogP contribution in [0.15, 0.2) is 36.7 Å². The zero-order chi connectivity index (χ0) is 19.5. The predicted molar refractivity (Wildman–Crippen MR) is 108 cm³/mol. The molecule has 4 rings (SSSR count). The Kier molecular flexibility index (Phi) is 5.74. The summed E-state index contributed by atoms with van der Waals surface area (Å²) in [6.07, 6.45) is 11.5. The Morgan fingerprint density at radius 2 is 2.04 bits per heavy atom. The highest BCUT2D eigenvalue weighted by molar-refractivity contribution is 5.21. The largest absolute Gasteiger partial charge is 0.375 e. The molecule has 2 fully saturated rings. The van der Waals surface area contributed by atoms with Crippen molar-refractivity contribution in [3.8, 4) is 0 Å². The highest BCUT2D eigenvalue weighted by Crippen LogP contribution is 2.49. The van der Waals surface area contributed by atoms with Crippen LogP contribution in [0.4, 0.5) is 4.39 Å². The Balaban J connectivity index is 1.45. The van der Waals surface area contributed by atoms with E-state index in [4.69, 9.17) is 9.72 Å². The van der Waals surface area contributed by atoms with Gasteiger partial charge in [0.25, 0.3) is 0 Å². The highest BCUT2D eigenvalue weighted by atomic mass is 19.1. The van der Waals surface area contributed by atoms with Crippen molar-refractivity contribution in [3.05, 3.63) is 59.4 Å². The van der Waals surface area contributed by atoms with E-state index in [0.717, 1.165) is 38.0 Å². The Hall–Kier alpha value is -1.85. The van der Waals surface area contributed by atoms with E-state index in [1.165, 1.54) is 31.4 Å². The van der Waals surface area contributed by atoms with Crippen LogP contribution in [0.2, 0.25) is 0 Å². The normalized spacial score (nSPS) is 23.9. The van der Waals surface area contributed by atoms with E-state index in [9.17, 15) is 4.39 Å². The molecule has 28 heavy (non-hydrogen) atoms. The summed E-state index contributed by atoms with van der Waals surface area (Å²) >= 11 is 0. The van der Waals surface area contributed by atoms with Gasteiger partial charge in [-0.05, 0) is 69.3 Å². The second-order valence-corrected chi connectivity index (χ2v) is 8.54. The number of nitrogens with zero attached hydrogens (tertiary/aromatic N) is 2. The molecule has 3 heterocycles. The van der Waals surface area contributed by atoms with Gasteiger partial charge in [-0.25, -0.2) is 4.98 Å². The quantitative estimate of drug-likeness (QED) is 0.591. The molecule has 1 saturated heterocycles. The number of hydrogen-bond donors (Lipinski definition) is 1. The van der Waals surface area contributed by atoms with E-state index in [0.29, 0.717) is 12.1 Å². The maximum atomic E-state index is 13.4. The molecule has 0 aromatic carbocycles. The molecule has 2 aliphatic rings. The average molecular weight is 384 g/mol. The van der Waals surface area contributed by atoms with Gasteiger partial charge in [-0.3, -0.25) is 4.98 Å². The molecule has 0 bridgehead atoms. The first-order valence-corrected chi connectivity index (χ1v) is 10.5. The molecular weight excluding hydrogens is 353 g/mol. The first-order chi connectivity index (χ1) is 13.6. The van der Waals surface area contributed by atoms with Crippen LogP contribution < -0.4 is 5.32 Å². The number of ether oxygens (including phenoxy) is 1. The topological polar surface area (TPSA) is 47.0 Å².